The van der Waals surface area contributed by atoms with Crippen molar-refractivity contribution in [3.05, 3.63) is 88.0 Å². The number of carbonyl (C=O) groups excluding carboxylic acids is 2. The summed E-state index contributed by atoms with van der Waals surface area (Å²) < 4.78 is 11.5. The van der Waals surface area contributed by atoms with Crippen LogP contribution in [0, 0.1) is 10.1 Å². The number of benzene rings is 3. The third-order valence-corrected chi connectivity index (χ3v) is 5.47. The van der Waals surface area contributed by atoms with E-state index in [2.05, 4.69) is 10.2 Å². The molecule has 0 N–H and O–H groups in total. The summed E-state index contributed by atoms with van der Waals surface area (Å²) in [4.78, 5) is 33.6. The number of rotatable bonds is 14. The number of Topliss-reactive ketones (excluding diaryl/α,β-unsaturated/α-hetero) is 2. The lowest BCUT2D eigenvalue weighted by Gasteiger charge is -2.09. The summed E-state index contributed by atoms with van der Waals surface area (Å²) in [6, 6.07) is 18.0. The van der Waals surface area contributed by atoms with Crippen LogP contribution in [-0.4, -0.2) is 29.7 Å². The lowest BCUT2D eigenvalue weighted by Crippen LogP contribution is -2.03. The molecule has 3 aromatic carbocycles. The van der Waals surface area contributed by atoms with Crippen LogP contribution in [-0.2, 0) is 0 Å². The summed E-state index contributed by atoms with van der Waals surface area (Å²) in [6.07, 6.45) is 3.71. The first kappa shape index (κ1) is 27.2. The van der Waals surface area contributed by atoms with Crippen LogP contribution in [0.25, 0.3) is 0 Å². The predicted octanol–water partition coefficient (Wildman–Crippen LogP) is 7.43. The average Bonchev–Trinajstić information content (AvgIpc) is 2.89. The van der Waals surface area contributed by atoms with E-state index in [9.17, 15) is 19.7 Å². The Labute approximate surface area is 215 Å². The van der Waals surface area contributed by atoms with Crippen LogP contribution < -0.4 is 9.47 Å². The molecule has 0 atom stereocenters. The number of ketones is 2. The van der Waals surface area contributed by atoms with Gasteiger partial charge in [0.05, 0.1) is 29.5 Å². The predicted molar refractivity (Wildman–Crippen MR) is 140 cm³/mol. The molecule has 0 aliphatic rings. The molecule has 0 heterocycles. The third kappa shape index (κ3) is 8.96. The number of unbranched alkanes of at least 4 members (excludes halogenated alkanes) is 3. The molecule has 0 aliphatic carbocycles. The molecule has 0 aromatic heterocycles. The zero-order valence-electron chi connectivity index (χ0n) is 20.9. The quantitative estimate of drug-likeness (QED) is 0.0741. The molecule has 0 aliphatic heterocycles. The van der Waals surface area contributed by atoms with E-state index in [1.54, 1.807) is 42.5 Å². The van der Waals surface area contributed by atoms with Gasteiger partial charge in [0.2, 0.25) is 0 Å². The number of hydrogen-bond acceptors (Lipinski definition) is 8. The molecule has 9 nitrogen and oxygen atoms in total. The fourth-order valence-electron chi connectivity index (χ4n) is 3.39. The van der Waals surface area contributed by atoms with Crippen molar-refractivity contribution in [3.8, 4) is 11.5 Å². The second kappa shape index (κ2) is 13.6. The number of carbonyl (C=O) groups is 2. The highest BCUT2D eigenvalue weighted by molar-refractivity contribution is 6.00. The largest absolute Gasteiger partial charge is 0.494 e. The molecule has 0 bridgehead atoms. The summed E-state index contributed by atoms with van der Waals surface area (Å²) >= 11 is 0. The first-order valence-corrected chi connectivity index (χ1v) is 12.0. The highest BCUT2D eigenvalue weighted by atomic mass is 16.6. The van der Waals surface area contributed by atoms with E-state index < -0.39 is 4.92 Å². The molecule has 3 rings (SSSR count). The number of nitro benzene ring substituents is 1. The summed E-state index contributed by atoms with van der Waals surface area (Å²) in [5, 5.41) is 18.9. The van der Waals surface area contributed by atoms with Crippen LogP contribution in [0.5, 0.6) is 11.5 Å². The fraction of sp³-hybridized carbons (Fsp3) is 0.286. The van der Waals surface area contributed by atoms with E-state index in [0.29, 0.717) is 41.5 Å². The molecular weight excluding hydrogens is 474 g/mol. The Balaban J connectivity index is 1.32. The molecule has 0 unspecified atom stereocenters. The number of ether oxygens (including phenoxy) is 2. The third-order valence-electron chi connectivity index (χ3n) is 5.47. The average molecular weight is 504 g/mol. The van der Waals surface area contributed by atoms with E-state index in [4.69, 9.17) is 9.47 Å². The SMILES string of the molecule is CC(=O)c1cc(OCCCCCCOc2ccc(N=Nc3ccc([N+](=O)[O-])cc3)cc2)cc(C(C)=O)c1. The molecule has 192 valence electrons. The lowest BCUT2D eigenvalue weighted by molar-refractivity contribution is -0.384. The van der Waals surface area contributed by atoms with Gasteiger partial charge >= 0.3 is 0 Å². The van der Waals surface area contributed by atoms with Crippen LogP contribution in [0.1, 0.15) is 60.2 Å². The second-order valence-corrected chi connectivity index (χ2v) is 8.44. The van der Waals surface area contributed by atoms with Gasteiger partial charge in [0.25, 0.3) is 5.69 Å². The molecule has 0 amide bonds. The number of non-ortho nitro benzene ring substituents is 1. The molecule has 0 spiro atoms. The smallest absolute Gasteiger partial charge is 0.269 e. The summed E-state index contributed by atoms with van der Waals surface area (Å²) in [7, 11) is 0. The lowest BCUT2D eigenvalue weighted by atomic mass is 10.0. The van der Waals surface area contributed by atoms with E-state index in [0.717, 1.165) is 31.4 Å². The number of nitro groups is 1. The molecule has 0 fully saturated rings. The van der Waals surface area contributed by atoms with Gasteiger partial charge in [-0.25, -0.2) is 0 Å². The Morgan fingerprint density at radius 1 is 0.703 bits per heavy atom. The summed E-state index contributed by atoms with van der Waals surface area (Å²) in [5.74, 6) is 1.07. The second-order valence-electron chi connectivity index (χ2n) is 8.44. The van der Waals surface area contributed by atoms with E-state index in [-0.39, 0.29) is 17.3 Å². The number of hydrogen-bond donors (Lipinski definition) is 0. The van der Waals surface area contributed by atoms with Crippen LogP contribution in [0.15, 0.2) is 77.0 Å². The Morgan fingerprint density at radius 3 is 1.62 bits per heavy atom. The minimum Gasteiger partial charge on any atom is -0.494 e. The zero-order chi connectivity index (χ0) is 26.6. The minimum atomic E-state index is -0.459. The van der Waals surface area contributed by atoms with Gasteiger partial charge < -0.3 is 9.47 Å². The zero-order valence-corrected chi connectivity index (χ0v) is 20.9. The van der Waals surface area contributed by atoms with Crippen LogP contribution in [0.2, 0.25) is 0 Å². The van der Waals surface area contributed by atoms with Crippen molar-refractivity contribution in [2.24, 2.45) is 10.2 Å². The molecule has 3 aromatic rings. The van der Waals surface area contributed by atoms with Crippen molar-refractivity contribution < 1.29 is 24.0 Å². The van der Waals surface area contributed by atoms with Crippen LogP contribution in [0.3, 0.4) is 0 Å². The normalized spacial score (nSPS) is 10.9. The van der Waals surface area contributed by atoms with Gasteiger partial charge in [0.1, 0.15) is 11.5 Å². The molecule has 0 radical (unpaired) electrons. The first-order valence-electron chi connectivity index (χ1n) is 12.0. The van der Waals surface area contributed by atoms with Crippen molar-refractivity contribution in [2.75, 3.05) is 13.2 Å². The first-order chi connectivity index (χ1) is 17.8. The standard InChI is InChI=1S/C28H29N3O6/c1-20(32)22-17-23(21(2)33)19-28(18-22)37-16-6-4-3-5-15-36-27-13-9-25(10-14-27)30-29-24-7-11-26(12-8-24)31(34)35/h7-14,17-19H,3-6,15-16H2,1-2H3. The van der Waals surface area contributed by atoms with E-state index in [1.807, 2.05) is 12.1 Å². The van der Waals surface area contributed by atoms with Gasteiger partial charge in [-0.15, -0.1) is 0 Å². The molecule has 9 heteroatoms. The van der Waals surface area contributed by atoms with E-state index in [1.165, 1.54) is 26.0 Å². The van der Waals surface area contributed by atoms with Gasteiger partial charge in [-0.2, -0.15) is 10.2 Å². The van der Waals surface area contributed by atoms with Crippen molar-refractivity contribution in [2.45, 2.75) is 39.5 Å². The fourth-order valence-corrected chi connectivity index (χ4v) is 3.39. The Kier molecular flexibility index (Phi) is 10.0. The van der Waals surface area contributed by atoms with Gasteiger partial charge in [-0.1, -0.05) is 0 Å². The van der Waals surface area contributed by atoms with Crippen LogP contribution >= 0.6 is 0 Å². The van der Waals surface area contributed by atoms with Crippen LogP contribution in [0.4, 0.5) is 17.1 Å². The molecule has 0 saturated carbocycles. The maximum atomic E-state index is 11.7. The van der Waals surface area contributed by atoms with Gasteiger partial charge in [-0.05, 0) is 94.1 Å². The Morgan fingerprint density at radius 2 is 1.16 bits per heavy atom. The maximum Gasteiger partial charge on any atom is 0.269 e. The molecular formula is C28H29N3O6. The van der Waals surface area contributed by atoms with E-state index >= 15 is 0 Å². The van der Waals surface area contributed by atoms with Gasteiger partial charge in [-0.3, -0.25) is 19.7 Å². The maximum absolute atomic E-state index is 11.7. The number of nitrogens with zero attached hydrogens (tertiary/aromatic N) is 3. The minimum absolute atomic E-state index is 0.00876. The highest BCUT2D eigenvalue weighted by Crippen LogP contribution is 2.23. The summed E-state index contributed by atoms with van der Waals surface area (Å²) in [5.41, 5.74) is 2.13. The topological polar surface area (TPSA) is 120 Å². The summed E-state index contributed by atoms with van der Waals surface area (Å²) in [6.45, 7) is 4.03. The molecule has 37 heavy (non-hydrogen) atoms. The monoisotopic (exact) mass is 503 g/mol. The number of azo groups is 1. The highest BCUT2D eigenvalue weighted by Gasteiger charge is 2.09. The van der Waals surface area contributed by atoms with Crippen molar-refractivity contribution in [3.63, 3.8) is 0 Å². The molecule has 0 saturated heterocycles. The Hall–Kier alpha value is -4.40. The van der Waals surface area contributed by atoms with Crippen molar-refractivity contribution >= 4 is 28.6 Å². The van der Waals surface area contributed by atoms with Crippen molar-refractivity contribution in [1.29, 1.82) is 0 Å². The van der Waals surface area contributed by atoms with Gasteiger partial charge in [0.15, 0.2) is 11.6 Å². The van der Waals surface area contributed by atoms with Crippen molar-refractivity contribution in [1.82, 2.24) is 0 Å². The Bertz CT molecular complexity index is 1220. The van der Waals surface area contributed by atoms with Gasteiger partial charge in [0, 0.05) is 23.3 Å².